The van der Waals surface area contributed by atoms with E-state index in [4.69, 9.17) is 18.6 Å². The van der Waals surface area contributed by atoms with Gasteiger partial charge in [0.25, 0.3) is 0 Å². The lowest BCUT2D eigenvalue weighted by Gasteiger charge is -2.16. The van der Waals surface area contributed by atoms with Crippen LogP contribution in [0.3, 0.4) is 0 Å². The van der Waals surface area contributed by atoms with Crippen molar-refractivity contribution in [1.82, 2.24) is 0 Å². The molecule has 0 fully saturated rings. The summed E-state index contributed by atoms with van der Waals surface area (Å²) in [7, 11) is 1.54. The maximum atomic E-state index is 11.6. The Hall–Kier alpha value is -3.02. The highest BCUT2D eigenvalue weighted by molar-refractivity contribution is 6.17. The number of methoxy groups -OCH3 is 1. The Labute approximate surface area is 143 Å². The van der Waals surface area contributed by atoms with E-state index in [1.54, 1.807) is 25.1 Å². The molecule has 25 heavy (non-hydrogen) atoms. The summed E-state index contributed by atoms with van der Waals surface area (Å²) in [6.45, 7) is 6.19. The first kappa shape index (κ1) is 16.8. The normalized spacial score (nSPS) is 12.0. The standard InChI is InChI=1S/C19H18O6/c1-6-12-16-15-14(25-12)8-7-13(22-5)17(15)19(24-11(4)21)9(2)18(16)23-10(3)20/h6-8H,1-5H3. The van der Waals surface area contributed by atoms with Crippen molar-refractivity contribution in [3.8, 4) is 17.2 Å². The quantitative estimate of drug-likeness (QED) is 0.537. The van der Waals surface area contributed by atoms with Gasteiger partial charge in [-0.15, -0.1) is 0 Å². The molecular formula is C19H18O6. The van der Waals surface area contributed by atoms with E-state index in [2.05, 4.69) is 0 Å². The Morgan fingerprint density at radius 1 is 1.00 bits per heavy atom. The van der Waals surface area contributed by atoms with E-state index in [-0.39, 0.29) is 0 Å². The lowest BCUT2D eigenvalue weighted by molar-refractivity contribution is -0.132. The molecular weight excluding hydrogens is 324 g/mol. The minimum atomic E-state index is -0.482. The van der Waals surface area contributed by atoms with E-state index in [0.717, 1.165) is 0 Å². The van der Waals surface area contributed by atoms with E-state index in [1.807, 2.05) is 6.92 Å². The van der Waals surface area contributed by atoms with Gasteiger partial charge in [0.05, 0.1) is 17.9 Å². The lowest BCUT2D eigenvalue weighted by Crippen LogP contribution is -2.10. The van der Waals surface area contributed by atoms with E-state index in [0.29, 0.717) is 50.0 Å². The Morgan fingerprint density at radius 2 is 1.60 bits per heavy atom. The van der Waals surface area contributed by atoms with Crippen LogP contribution in [0.15, 0.2) is 16.5 Å². The fourth-order valence-electron chi connectivity index (χ4n) is 3.04. The number of ether oxygens (including phenoxy) is 3. The molecule has 0 radical (unpaired) electrons. The highest BCUT2D eigenvalue weighted by Crippen LogP contribution is 2.46. The average molecular weight is 342 g/mol. The zero-order valence-corrected chi connectivity index (χ0v) is 14.7. The second-order valence-electron chi connectivity index (χ2n) is 5.62. The molecule has 0 atom stereocenters. The molecule has 6 nitrogen and oxygen atoms in total. The number of carbonyl (C=O) groups is 2. The first-order valence-corrected chi connectivity index (χ1v) is 7.77. The van der Waals surface area contributed by atoms with E-state index in [1.165, 1.54) is 21.0 Å². The molecule has 0 amide bonds. The van der Waals surface area contributed by atoms with Crippen molar-refractivity contribution in [3.63, 3.8) is 0 Å². The molecule has 0 bridgehead atoms. The Kier molecular flexibility index (Phi) is 4.12. The highest BCUT2D eigenvalue weighted by Gasteiger charge is 2.26. The molecule has 130 valence electrons. The van der Waals surface area contributed by atoms with Gasteiger partial charge in [-0.1, -0.05) is 0 Å². The van der Waals surface area contributed by atoms with Crippen LogP contribution < -0.4 is 19.6 Å². The fourth-order valence-corrected chi connectivity index (χ4v) is 3.04. The molecule has 3 rings (SSSR count). The summed E-state index contributed by atoms with van der Waals surface area (Å²) in [4.78, 5) is 23.3. The molecule has 0 aliphatic rings. The Balaban J connectivity index is 2.61. The first-order chi connectivity index (χ1) is 11.9. The molecule has 1 aromatic heterocycles. The molecule has 3 aromatic rings. The monoisotopic (exact) mass is 342 g/mol. The third-order valence-corrected chi connectivity index (χ3v) is 3.95. The number of hydrogen-bond acceptors (Lipinski definition) is 6. The van der Waals surface area contributed by atoms with Crippen molar-refractivity contribution in [2.24, 2.45) is 0 Å². The summed E-state index contributed by atoms with van der Waals surface area (Å²) >= 11 is 0. The van der Waals surface area contributed by atoms with Gasteiger partial charge < -0.3 is 18.6 Å². The number of carbonyl (C=O) groups excluding carboxylic acids is 2. The smallest absolute Gasteiger partial charge is 0.308 e. The minimum Gasteiger partial charge on any atom is -0.496 e. The van der Waals surface area contributed by atoms with Gasteiger partial charge in [0.15, 0.2) is 0 Å². The van der Waals surface area contributed by atoms with Gasteiger partial charge in [-0.05, 0) is 32.1 Å². The Bertz CT molecular complexity index is 1060. The molecule has 0 saturated carbocycles. The maximum absolute atomic E-state index is 11.6. The summed E-state index contributed by atoms with van der Waals surface area (Å²) in [5, 5.41) is 1.94. The molecule has 0 spiro atoms. The van der Waals surface area contributed by atoms with Crippen molar-refractivity contribution in [1.29, 1.82) is 0 Å². The number of rotatable bonds is 3. The maximum Gasteiger partial charge on any atom is 0.308 e. The predicted molar refractivity (Wildman–Crippen MR) is 93.0 cm³/mol. The van der Waals surface area contributed by atoms with Gasteiger partial charge in [-0.3, -0.25) is 9.59 Å². The largest absolute Gasteiger partial charge is 0.496 e. The predicted octanol–water partition coefficient (Wildman–Crippen LogP) is 3.27. The van der Waals surface area contributed by atoms with Crippen molar-refractivity contribution in [3.05, 3.63) is 23.1 Å². The molecule has 2 aromatic carbocycles. The third kappa shape index (κ3) is 2.59. The van der Waals surface area contributed by atoms with Crippen LogP contribution in [0.4, 0.5) is 0 Å². The van der Waals surface area contributed by atoms with Gasteiger partial charge in [-0.25, -0.2) is 0 Å². The molecule has 6 heteroatoms. The minimum absolute atomic E-state index is 0.294. The second-order valence-corrected chi connectivity index (χ2v) is 5.62. The van der Waals surface area contributed by atoms with Crippen LogP contribution in [0.2, 0.25) is 0 Å². The van der Waals surface area contributed by atoms with Crippen LogP contribution in [0, 0.1) is 6.92 Å². The zero-order chi connectivity index (χ0) is 18.3. The van der Waals surface area contributed by atoms with Gasteiger partial charge in [0.2, 0.25) is 0 Å². The molecule has 0 saturated heterocycles. The van der Waals surface area contributed by atoms with E-state index < -0.39 is 11.9 Å². The topological polar surface area (TPSA) is 75.0 Å². The number of benzene rings is 2. The lowest BCUT2D eigenvalue weighted by atomic mass is 10.00. The van der Waals surface area contributed by atoms with Crippen LogP contribution in [0.5, 0.6) is 17.2 Å². The Morgan fingerprint density at radius 3 is 2.12 bits per heavy atom. The van der Waals surface area contributed by atoms with Crippen LogP contribution in [-0.4, -0.2) is 19.0 Å². The summed E-state index contributed by atoms with van der Waals surface area (Å²) < 4.78 is 22.2. The molecule has 0 aliphatic carbocycles. The average Bonchev–Trinajstić information content (AvgIpc) is 2.93. The number of hydrogen-bond donors (Lipinski definition) is 0. The number of esters is 2. The van der Waals surface area contributed by atoms with Gasteiger partial charge in [-0.2, -0.15) is 0 Å². The molecule has 0 unspecified atom stereocenters. The van der Waals surface area contributed by atoms with Crippen molar-refractivity contribution in [2.75, 3.05) is 7.11 Å². The SMILES string of the molecule is CC=c1oc2ccc(OC)c3c(OC(C)=O)c(C)c(OC(C)=O)c1c23. The molecule has 1 heterocycles. The summed E-state index contributed by atoms with van der Waals surface area (Å²) in [5.74, 6) is 0.192. The van der Waals surface area contributed by atoms with Crippen LogP contribution in [-0.2, 0) is 9.59 Å². The van der Waals surface area contributed by atoms with Crippen molar-refractivity contribution in [2.45, 2.75) is 27.7 Å². The highest BCUT2D eigenvalue weighted by atomic mass is 16.5. The summed E-state index contributed by atoms with van der Waals surface area (Å²) in [6, 6.07) is 3.52. The molecule has 0 aliphatic heterocycles. The van der Waals surface area contributed by atoms with Crippen LogP contribution in [0.25, 0.3) is 27.8 Å². The van der Waals surface area contributed by atoms with Crippen molar-refractivity contribution >= 4 is 39.8 Å². The first-order valence-electron chi connectivity index (χ1n) is 7.77. The second kappa shape index (κ2) is 6.12. The molecule has 0 N–H and O–H groups in total. The van der Waals surface area contributed by atoms with Gasteiger partial charge >= 0.3 is 11.9 Å². The van der Waals surface area contributed by atoms with Crippen LogP contribution >= 0.6 is 0 Å². The number of furan rings is 1. The summed E-state index contributed by atoms with van der Waals surface area (Å²) in [6.07, 6.45) is 1.79. The zero-order valence-electron chi connectivity index (χ0n) is 14.7. The fraction of sp³-hybridized carbons (Fsp3) is 0.263. The summed E-state index contributed by atoms with van der Waals surface area (Å²) in [5.41, 5.74) is 1.68. The van der Waals surface area contributed by atoms with Gasteiger partial charge in [0, 0.05) is 24.8 Å². The van der Waals surface area contributed by atoms with Crippen molar-refractivity contribution < 1.29 is 28.2 Å². The van der Waals surface area contributed by atoms with E-state index >= 15 is 0 Å². The van der Waals surface area contributed by atoms with Gasteiger partial charge in [0.1, 0.15) is 28.2 Å². The third-order valence-electron chi connectivity index (χ3n) is 3.95. The van der Waals surface area contributed by atoms with Crippen LogP contribution in [0.1, 0.15) is 26.3 Å². The van der Waals surface area contributed by atoms with E-state index in [9.17, 15) is 9.59 Å².